The molecule has 1 aliphatic carbocycles. The second-order valence-electron chi connectivity index (χ2n) is 5.75. The lowest BCUT2D eigenvalue weighted by Crippen LogP contribution is -2.18. The van der Waals surface area contributed by atoms with Crippen LogP contribution in [0.4, 0.5) is 0 Å². The predicted octanol–water partition coefficient (Wildman–Crippen LogP) is 4.17. The van der Waals surface area contributed by atoms with Gasteiger partial charge in [0.2, 0.25) is 0 Å². The van der Waals surface area contributed by atoms with Crippen molar-refractivity contribution in [1.29, 1.82) is 0 Å². The molecule has 2 aromatic carbocycles. The number of hydrogen-bond acceptors (Lipinski definition) is 2. The number of aryl methyl sites for hydroxylation is 1. The first-order chi connectivity index (χ1) is 10.3. The van der Waals surface area contributed by atoms with Crippen LogP contribution in [-0.2, 0) is 13.0 Å². The third-order valence-corrected chi connectivity index (χ3v) is 4.19. The number of nitrogens with one attached hydrogen (secondary N) is 1. The van der Waals surface area contributed by atoms with Gasteiger partial charge in [0.1, 0.15) is 12.4 Å². The van der Waals surface area contributed by atoms with Crippen molar-refractivity contribution >= 4 is 0 Å². The Kier molecular flexibility index (Phi) is 4.26. The van der Waals surface area contributed by atoms with Crippen molar-refractivity contribution in [2.45, 2.75) is 39.3 Å². The van der Waals surface area contributed by atoms with Crippen molar-refractivity contribution in [1.82, 2.24) is 5.32 Å². The summed E-state index contributed by atoms with van der Waals surface area (Å²) in [7, 11) is 0. The third kappa shape index (κ3) is 3.11. The predicted molar refractivity (Wildman–Crippen MR) is 86.7 cm³/mol. The summed E-state index contributed by atoms with van der Waals surface area (Å²) in [5.74, 6) is 1.05. The van der Waals surface area contributed by atoms with Gasteiger partial charge in [-0.15, -0.1) is 0 Å². The molecule has 0 aliphatic heterocycles. The molecule has 0 amide bonds. The van der Waals surface area contributed by atoms with Crippen LogP contribution in [0.5, 0.6) is 5.75 Å². The third-order valence-electron chi connectivity index (χ3n) is 4.19. The molecular formula is C19H23NO. The quantitative estimate of drug-likeness (QED) is 0.888. The van der Waals surface area contributed by atoms with Gasteiger partial charge in [0, 0.05) is 6.04 Å². The largest absolute Gasteiger partial charge is 0.489 e. The van der Waals surface area contributed by atoms with Gasteiger partial charge in [0.25, 0.3) is 0 Å². The van der Waals surface area contributed by atoms with Crippen molar-refractivity contribution in [2.75, 3.05) is 6.54 Å². The van der Waals surface area contributed by atoms with Gasteiger partial charge in [-0.25, -0.2) is 0 Å². The summed E-state index contributed by atoms with van der Waals surface area (Å²) in [6.45, 7) is 5.92. The smallest absolute Gasteiger partial charge is 0.123 e. The Hall–Kier alpha value is -1.80. The lowest BCUT2D eigenvalue weighted by atomic mass is 10.1. The summed E-state index contributed by atoms with van der Waals surface area (Å²) in [6, 6.07) is 15.5. The van der Waals surface area contributed by atoms with Gasteiger partial charge in [-0.05, 0) is 49.1 Å². The maximum atomic E-state index is 6.07. The number of hydrogen-bond donors (Lipinski definition) is 1. The average molecular weight is 281 g/mol. The Morgan fingerprint density at radius 2 is 1.95 bits per heavy atom. The van der Waals surface area contributed by atoms with E-state index >= 15 is 0 Å². The van der Waals surface area contributed by atoms with Crippen LogP contribution in [0, 0.1) is 6.92 Å². The molecule has 21 heavy (non-hydrogen) atoms. The zero-order valence-electron chi connectivity index (χ0n) is 12.9. The van der Waals surface area contributed by atoms with Crippen molar-refractivity contribution in [2.24, 2.45) is 0 Å². The fourth-order valence-electron chi connectivity index (χ4n) is 3.06. The lowest BCUT2D eigenvalue weighted by molar-refractivity contribution is 0.303. The van der Waals surface area contributed by atoms with Crippen LogP contribution in [0.2, 0.25) is 0 Å². The van der Waals surface area contributed by atoms with Gasteiger partial charge in [-0.1, -0.05) is 48.9 Å². The molecule has 1 atom stereocenters. The van der Waals surface area contributed by atoms with E-state index in [9.17, 15) is 0 Å². The fourth-order valence-corrected chi connectivity index (χ4v) is 3.06. The molecule has 0 saturated heterocycles. The van der Waals surface area contributed by atoms with E-state index in [2.05, 4.69) is 61.6 Å². The zero-order valence-corrected chi connectivity index (χ0v) is 12.9. The van der Waals surface area contributed by atoms with E-state index in [1.807, 2.05) is 0 Å². The molecule has 3 rings (SSSR count). The molecule has 1 aliphatic rings. The molecule has 0 heterocycles. The molecule has 0 aromatic heterocycles. The molecule has 0 saturated carbocycles. The number of fused-ring (bicyclic) bond motifs is 1. The summed E-state index contributed by atoms with van der Waals surface area (Å²) in [5, 5.41) is 3.55. The first kappa shape index (κ1) is 14.2. The first-order valence-electron chi connectivity index (χ1n) is 7.81. The van der Waals surface area contributed by atoms with Crippen LogP contribution in [0.25, 0.3) is 0 Å². The highest BCUT2D eigenvalue weighted by Crippen LogP contribution is 2.37. The molecule has 110 valence electrons. The van der Waals surface area contributed by atoms with Crippen molar-refractivity contribution < 1.29 is 4.74 Å². The fraction of sp³-hybridized carbons (Fsp3) is 0.368. The first-order valence-corrected chi connectivity index (χ1v) is 7.81. The minimum atomic E-state index is 0.493. The molecule has 0 fully saturated rings. The standard InChI is InChI=1S/C19H23NO/c1-3-20-18-12-11-17-16(18)5-4-6-19(17)21-13-15-9-7-14(2)8-10-15/h4-10,18,20H,3,11-13H2,1-2H3. The van der Waals surface area contributed by atoms with E-state index in [1.165, 1.54) is 28.7 Å². The monoisotopic (exact) mass is 281 g/mol. The molecule has 2 nitrogen and oxygen atoms in total. The molecule has 2 aromatic rings. The van der Waals surface area contributed by atoms with Gasteiger partial charge in [0.15, 0.2) is 0 Å². The molecular weight excluding hydrogens is 258 g/mol. The summed E-state index contributed by atoms with van der Waals surface area (Å²) in [6.07, 6.45) is 2.28. The van der Waals surface area contributed by atoms with Crippen molar-refractivity contribution in [3.05, 3.63) is 64.7 Å². The highest BCUT2D eigenvalue weighted by Gasteiger charge is 2.24. The zero-order chi connectivity index (χ0) is 14.7. The minimum Gasteiger partial charge on any atom is -0.489 e. The van der Waals surface area contributed by atoms with E-state index in [0.29, 0.717) is 12.6 Å². The minimum absolute atomic E-state index is 0.493. The number of ether oxygens (including phenoxy) is 1. The van der Waals surface area contributed by atoms with Crippen LogP contribution < -0.4 is 10.1 Å². The van der Waals surface area contributed by atoms with Crippen LogP contribution in [0.3, 0.4) is 0 Å². The van der Waals surface area contributed by atoms with Gasteiger partial charge >= 0.3 is 0 Å². The Bertz CT molecular complexity index is 603. The Labute approximate surface area is 127 Å². The Morgan fingerprint density at radius 1 is 1.14 bits per heavy atom. The van der Waals surface area contributed by atoms with Crippen LogP contribution in [0.1, 0.15) is 41.6 Å². The van der Waals surface area contributed by atoms with E-state index in [1.54, 1.807) is 0 Å². The lowest BCUT2D eigenvalue weighted by Gasteiger charge is -2.14. The van der Waals surface area contributed by atoms with Gasteiger partial charge < -0.3 is 10.1 Å². The highest BCUT2D eigenvalue weighted by molar-refractivity contribution is 5.45. The van der Waals surface area contributed by atoms with Gasteiger partial charge in [0.05, 0.1) is 0 Å². The maximum Gasteiger partial charge on any atom is 0.123 e. The summed E-state index contributed by atoms with van der Waals surface area (Å²) in [4.78, 5) is 0. The van der Waals surface area contributed by atoms with Gasteiger partial charge in [-0.3, -0.25) is 0 Å². The summed E-state index contributed by atoms with van der Waals surface area (Å²) in [5.41, 5.74) is 5.31. The van der Waals surface area contributed by atoms with Gasteiger partial charge in [-0.2, -0.15) is 0 Å². The van der Waals surface area contributed by atoms with Crippen LogP contribution >= 0.6 is 0 Å². The molecule has 0 bridgehead atoms. The van der Waals surface area contributed by atoms with Crippen molar-refractivity contribution in [3.63, 3.8) is 0 Å². The highest BCUT2D eigenvalue weighted by atomic mass is 16.5. The second kappa shape index (κ2) is 6.31. The molecule has 2 heteroatoms. The second-order valence-corrected chi connectivity index (χ2v) is 5.75. The topological polar surface area (TPSA) is 21.3 Å². The normalized spacial score (nSPS) is 16.8. The van der Waals surface area contributed by atoms with E-state index in [0.717, 1.165) is 18.7 Å². The SMILES string of the molecule is CCNC1CCc2c(OCc3ccc(C)cc3)cccc21. The van der Waals surface area contributed by atoms with E-state index < -0.39 is 0 Å². The molecule has 1 N–H and O–H groups in total. The van der Waals surface area contributed by atoms with Crippen LogP contribution in [-0.4, -0.2) is 6.54 Å². The number of benzene rings is 2. The maximum absolute atomic E-state index is 6.07. The van der Waals surface area contributed by atoms with Crippen molar-refractivity contribution in [3.8, 4) is 5.75 Å². The number of rotatable bonds is 5. The molecule has 1 unspecified atom stereocenters. The average Bonchev–Trinajstić information content (AvgIpc) is 2.91. The molecule has 0 spiro atoms. The van der Waals surface area contributed by atoms with E-state index in [-0.39, 0.29) is 0 Å². The Morgan fingerprint density at radius 3 is 2.71 bits per heavy atom. The molecule has 0 radical (unpaired) electrons. The Balaban J connectivity index is 1.73. The summed E-state index contributed by atoms with van der Waals surface area (Å²) >= 11 is 0. The van der Waals surface area contributed by atoms with E-state index in [4.69, 9.17) is 4.74 Å². The summed E-state index contributed by atoms with van der Waals surface area (Å²) < 4.78 is 6.07. The van der Waals surface area contributed by atoms with Crippen LogP contribution in [0.15, 0.2) is 42.5 Å².